The van der Waals surface area contributed by atoms with Gasteiger partial charge in [-0.05, 0) is 20.3 Å². The van der Waals surface area contributed by atoms with Crippen LogP contribution in [-0.4, -0.2) is 18.5 Å². The van der Waals surface area contributed by atoms with Crippen molar-refractivity contribution in [2.24, 2.45) is 0 Å². The van der Waals surface area contributed by atoms with Crippen molar-refractivity contribution in [2.75, 3.05) is 6.61 Å². The Bertz CT molecular complexity index is 99.1. The first-order chi connectivity index (χ1) is 4.14. The van der Waals surface area contributed by atoms with Gasteiger partial charge in [0.2, 0.25) is 0 Å². The molecule has 0 N–H and O–H groups in total. The van der Waals surface area contributed by atoms with Gasteiger partial charge in [0.25, 0.3) is 0 Å². The van der Waals surface area contributed by atoms with Gasteiger partial charge in [0.1, 0.15) is 0 Å². The summed E-state index contributed by atoms with van der Waals surface area (Å²) in [4.78, 5) is 0. The molecule has 0 aromatic heterocycles. The maximum Gasteiger partial charge on any atom is 0.163 e. The zero-order chi connectivity index (χ0) is 6.91. The first-order valence-corrected chi connectivity index (χ1v) is 3.25. The Morgan fingerprint density at radius 3 is 2.44 bits per heavy atom. The lowest BCUT2D eigenvalue weighted by molar-refractivity contribution is -0.134. The minimum atomic E-state index is -0.364. The van der Waals surface area contributed by atoms with Crippen LogP contribution in [0.2, 0.25) is 0 Å². The van der Waals surface area contributed by atoms with Crippen LogP contribution in [0.4, 0.5) is 0 Å². The van der Waals surface area contributed by atoms with E-state index in [2.05, 4.69) is 0 Å². The summed E-state index contributed by atoms with van der Waals surface area (Å²) in [6.07, 6.45) is 2.20. The minimum Gasteiger partial charge on any atom is -0.348 e. The normalized spacial score (nSPS) is 33.0. The summed E-state index contributed by atoms with van der Waals surface area (Å²) in [7, 11) is 0. The van der Waals surface area contributed by atoms with E-state index in [4.69, 9.17) is 9.47 Å². The monoisotopic (exact) mass is 129 g/mol. The fourth-order valence-electron chi connectivity index (χ4n) is 0.880. The molecule has 0 aliphatic carbocycles. The average Bonchev–Trinajstić information content (AvgIpc) is 2.10. The number of ether oxygens (including phenoxy) is 2. The second kappa shape index (κ2) is 2.27. The van der Waals surface area contributed by atoms with Crippen molar-refractivity contribution in [1.82, 2.24) is 0 Å². The van der Waals surface area contributed by atoms with Crippen LogP contribution in [0.25, 0.3) is 0 Å². The summed E-state index contributed by atoms with van der Waals surface area (Å²) >= 11 is 0. The summed E-state index contributed by atoms with van der Waals surface area (Å²) < 4.78 is 10.7. The Morgan fingerprint density at radius 2 is 2.22 bits per heavy atom. The van der Waals surface area contributed by atoms with Gasteiger partial charge in [0.05, 0.1) is 12.7 Å². The Morgan fingerprint density at radius 1 is 1.56 bits per heavy atom. The molecule has 0 saturated carbocycles. The fourth-order valence-corrected chi connectivity index (χ4v) is 0.880. The smallest absolute Gasteiger partial charge is 0.163 e. The third kappa shape index (κ3) is 1.66. The number of hydrogen-bond donors (Lipinski definition) is 0. The first kappa shape index (κ1) is 7.03. The van der Waals surface area contributed by atoms with E-state index in [9.17, 15) is 0 Å². The Labute approximate surface area is 56.2 Å². The predicted octanol–water partition coefficient (Wildman–Crippen LogP) is 1.36. The molecule has 1 saturated heterocycles. The van der Waals surface area contributed by atoms with Gasteiger partial charge in [0.15, 0.2) is 5.79 Å². The number of hydrogen-bond acceptors (Lipinski definition) is 2. The molecule has 1 heterocycles. The molecular weight excluding hydrogens is 116 g/mol. The molecule has 1 radical (unpaired) electrons. The number of rotatable bonds is 1. The average molecular weight is 129 g/mol. The van der Waals surface area contributed by atoms with E-state index in [-0.39, 0.29) is 11.9 Å². The van der Waals surface area contributed by atoms with Crippen molar-refractivity contribution in [3.63, 3.8) is 0 Å². The third-order valence-electron chi connectivity index (χ3n) is 1.40. The summed E-state index contributed by atoms with van der Waals surface area (Å²) in [6, 6.07) is 0. The van der Waals surface area contributed by atoms with Gasteiger partial charge in [0, 0.05) is 0 Å². The molecule has 1 atom stereocenters. The topological polar surface area (TPSA) is 18.5 Å². The Hall–Kier alpha value is -0.0800. The molecule has 53 valence electrons. The van der Waals surface area contributed by atoms with Crippen molar-refractivity contribution < 1.29 is 9.47 Å². The molecule has 1 rings (SSSR count). The van der Waals surface area contributed by atoms with E-state index < -0.39 is 0 Å². The van der Waals surface area contributed by atoms with Crippen LogP contribution in [0.15, 0.2) is 0 Å². The highest BCUT2D eigenvalue weighted by molar-refractivity contribution is 4.79. The maximum atomic E-state index is 5.42. The molecule has 9 heavy (non-hydrogen) atoms. The van der Waals surface area contributed by atoms with Crippen LogP contribution in [-0.2, 0) is 9.47 Å². The second-order valence-electron chi connectivity index (χ2n) is 2.70. The first-order valence-electron chi connectivity index (χ1n) is 3.25. The molecule has 1 unspecified atom stereocenters. The molecule has 1 aliphatic rings. The maximum absolute atomic E-state index is 5.42. The Kier molecular flexibility index (Phi) is 1.78. The molecule has 2 heteroatoms. The van der Waals surface area contributed by atoms with Crippen molar-refractivity contribution in [1.29, 1.82) is 0 Å². The molecular formula is C7H13O2. The van der Waals surface area contributed by atoms with E-state index in [1.54, 1.807) is 0 Å². The molecule has 0 aromatic rings. The highest BCUT2D eigenvalue weighted by Crippen LogP contribution is 2.22. The molecule has 1 fully saturated rings. The van der Waals surface area contributed by atoms with Crippen LogP contribution >= 0.6 is 0 Å². The van der Waals surface area contributed by atoms with E-state index in [1.807, 2.05) is 27.2 Å². The third-order valence-corrected chi connectivity index (χ3v) is 1.40. The van der Waals surface area contributed by atoms with Crippen LogP contribution in [0.1, 0.15) is 20.8 Å². The molecule has 0 aromatic carbocycles. The molecule has 0 amide bonds. The highest BCUT2D eigenvalue weighted by atomic mass is 16.7. The van der Waals surface area contributed by atoms with Gasteiger partial charge in [-0.25, -0.2) is 0 Å². The zero-order valence-corrected chi connectivity index (χ0v) is 6.18. The molecule has 0 spiro atoms. The van der Waals surface area contributed by atoms with Gasteiger partial charge < -0.3 is 9.47 Å². The lowest BCUT2D eigenvalue weighted by atomic mass is 10.3. The van der Waals surface area contributed by atoms with Crippen molar-refractivity contribution in [2.45, 2.75) is 32.7 Å². The standard InChI is InChI=1S/C7H13O2/c1-4-6-5-8-7(2,3)9-6/h4,6H,5H2,1-3H3. The van der Waals surface area contributed by atoms with Gasteiger partial charge in [-0.15, -0.1) is 0 Å². The summed E-state index contributed by atoms with van der Waals surface area (Å²) in [5.41, 5.74) is 0. The minimum absolute atomic E-state index is 0.194. The van der Waals surface area contributed by atoms with Gasteiger partial charge in [-0.3, -0.25) is 0 Å². The van der Waals surface area contributed by atoms with Crippen LogP contribution in [0.5, 0.6) is 0 Å². The van der Waals surface area contributed by atoms with Crippen molar-refractivity contribution in [3.8, 4) is 0 Å². The van der Waals surface area contributed by atoms with Crippen LogP contribution in [0, 0.1) is 6.42 Å². The fraction of sp³-hybridized carbons (Fsp3) is 0.857. The van der Waals surface area contributed by atoms with Gasteiger partial charge in [-0.2, -0.15) is 0 Å². The van der Waals surface area contributed by atoms with Crippen LogP contribution < -0.4 is 0 Å². The van der Waals surface area contributed by atoms with Gasteiger partial charge in [-0.1, -0.05) is 6.92 Å². The van der Waals surface area contributed by atoms with E-state index >= 15 is 0 Å². The van der Waals surface area contributed by atoms with Crippen LogP contribution in [0.3, 0.4) is 0 Å². The van der Waals surface area contributed by atoms with E-state index in [1.165, 1.54) is 0 Å². The SMILES string of the molecule is C[CH]C1COC(C)(C)O1. The second-order valence-corrected chi connectivity index (χ2v) is 2.70. The summed E-state index contributed by atoms with van der Waals surface area (Å²) in [5.74, 6) is -0.364. The van der Waals surface area contributed by atoms with Crippen molar-refractivity contribution >= 4 is 0 Å². The summed E-state index contributed by atoms with van der Waals surface area (Å²) in [5, 5.41) is 0. The zero-order valence-electron chi connectivity index (χ0n) is 6.18. The lowest BCUT2D eigenvalue weighted by Gasteiger charge is -2.15. The van der Waals surface area contributed by atoms with Gasteiger partial charge >= 0.3 is 0 Å². The lowest BCUT2D eigenvalue weighted by Crippen LogP contribution is -2.21. The predicted molar refractivity (Wildman–Crippen MR) is 34.9 cm³/mol. The molecule has 0 bridgehead atoms. The van der Waals surface area contributed by atoms with Crippen molar-refractivity contribution in [3.05, 3.63) is 6.42 Å². The summed E-state index contributed by atoms with van der Waals surface area (Å²) in [6.45, 7) is 6.53. The highest BCUT2D eigenvalue weighted by Gasteiger charge is 2.31. The molecule has 1 aliphatic heterocycles. The van der Waals surface area contributed by atoms with E-state index in [0.29, 0.717) is 6.61 Å². The largest absolute Gasteiger partial charge is 0.348 e. The van der Waals surface area contributed by atoms with E-state index in [0.717, 1.165) is 0 Å². The quantitative estimate of drug-likeness (QED) is 0.532. The molecule has 2 nitrogen and oxygen atoms in total. The Balaban J connectivity index is 2.38.